The maximum Gasteiger partial charge on any atom is 0.0843 e. The number of rotatable bonds is 5. The zero-order valence-electron chi connectivity index (χ0n) is 10.6. The molecule has 1 heterocycles. The second-order valence-electron chi connectivity index (χ2n) is 5.69. The van der Waals surface area contributed by atoms with Crippen LogP contribution in [-0.2, 0) is 0 Å². The first kappa shape index (κ1) is 13.6. The van der Waals surface area contributed by atoms with Crippen molar-refractivity contribution in [3.63, 3.8) is 0 Å². The Morgan fingerprint density at radius 2 is 2.06 bits per heavy atom. The maximum absolute atomic E-state index is 3.78. The quantitative estimate of drug-likeness (QED) is 0.710. The zero-order valence-corrected chi connectivity index (χ0v) is 14.6. The van der Waals surface area contributed by atoms with E-state index in [1.807, 2.05) is 11.3 Å². The van der Waals surface area contributed by atoms with Crippen LogP contribution in [0.5, 0.6) is 0 Å². The zero-order chi connectivity index (χ0) is 12.7. The molecule has 1 N–H and O–H groups in total. The smallest absolute Gasteiger partial charge is 0.0843 e. The standard InChI is InChI=1S/C14H19Br2NS/c1-2-3-17-13(10-5-8-4-9(8)6-10)12-7-11(15)14(16)18-12/h7-10,13,17H,2-6H2,1H3. The molecule has 0 aliphatic heterocycles. The minimum Gasteiger partial charge on any atom is -0.309 e. The van der Waals surface area contributed by atoms with Crippen LogP contribution in [0.25, 0.3) is 0 Å². The summed E-state index contributed by atoms with van der Waals surface area (Å²) in [6.45, 7) is 3.38. The molecule has 0 bridgehead atoms. The minimum absolute atomic E-state index is 0.574. The van der Waals surface area contributed by atoms with Crippen LogP contribution in [0.1, 0.15) is 43.5 Å². The highest BCUT2D eigenvalue weighted by molar-refractivity contribution is 9.13. The first-order chi connectivity index (χ1) is 8.69. The average molecular weight is 393 g/mol. The van der Waals surface area contributed by atoms with Crippen LogP contribution in [0.4, 0.5) is 0 Å². The Hall–Kier alpha value is 0.620. The van der Waals surface area contributed by atoms with Gasteiger partial charge in [-0.3, -0.25) is 0 Å². The van der Waals surface area contributed by atoms with Gasteiger partial charge in [0.15, 0.2) is 0 Å². The van der Waals surface area contributed by atoms with Gasteiger partial charge >= 0.3 is 0 Å². The van der Waals surface area contributed by atoms with Gasteiger partial charge in [0.25, 0.3) is 0 Å². The van der Waals surface area contributed by atoms with Crippen LogP contribution < -0.4 is 5.32 Å². The Balaban J connectivity index is 1.75. The summed E-state index contributed by atoms with van der Waals surface area (Å²) in [5.74, 6) is 2.98. The van der Waals surface area contributed by atoms with Gasteiger partial charge in [-0.05, 0) is 87.9 Å². The van der Waals surface area contributed by atoms with Gasteiger partial charge in [-0.1, -0.05) is 6.92 Å². The molecule has 3 unspecified atom stereocenters. The van der Waals surface area contributed by atoms with E-state index >= 15 is 0 Å². The molecular weight excluding hydrogens is 374 g/mol. The van der Waals surface area contributed by atoms with Gasteiger partial charge in [0.1, 0.15) is 0 Å². The number of thiophene rings is 1. The second-order valence-corrected chi connectivity index (χ2v) is 8.95. The van der Waals surface area contributed by atoms with Crippen molar-refractivity contribution in [3.8, 4) is 0 Å². The number of fused-ring (bicyclic) bond motifs is 1. The summed E-state index contributed by atoms with van der Waals surface area (Å²) in [5.41, 5.74) is 0. The summed E-state index contributed by atoms with van der Waals surface area (Å²) in [5, 5.41) is 3.78. The summed E-state index contributed by atoms with van der Waals surface area (Å²) >= 11 is 9.13. The van der Waals surface area contributed by atoms with E-state index in [2.05, 4.69) is 50.2 Å². The molecule has 0 aromatic carbocycles. The van der Waals surface area contributed by atoms with Crippen molar-refractivity contribution in [1.82, 2.24) is 5.32 Å². The van der Waals surface area contributed by atoms with Crippen molar-refractivity contribution in [3.05, 3.63) is 19.2 Å². The molecule has 2 aliphatic rings. The normalized spacial score (nSPS) is 31.4. The molecule has 2 fully saturated rings. The van der Waals surface area contributed by atoms with Gasteiger partial charge in [-0.15, -0.1) is 11.3 Å². The summed E-state index contributed by atoms with van der Waals surface area (Å²) < 4.78 is 2.43. The van der Waals surface area contributed by atoms with Crippen molar-refractivity contribution >= 4 is 43.2 Å². The van der Waals surface area contributed by atoms with Gasteiger partial charge in [-0.25, -0.2) is 0 Å². The molecule has 4 heteroatoms. The highest BCUT2D eigenvalue weighted by atomic mass is 79.9. The van der Waals surface area contributed by atoms with E-state index in [1.165, 1.54) is 38.8 Å². The van der Waals surface area contributed by atoms with E-state index in [0.717, 1.165) is 24.3 Å². The summed E-state index contributed by atoms with van der Waals surface area (Å²) in [6, 6.07) is 2.87. The number of nitrogens with one attached hydrogen (secondary N) is 1. The van der Waals surface area contributed by atoms with Crippen LogP contribution in [0.2, 0.25) is 0 Å². The fourth-order valence-corrected chi connectivity index (χ4v) is 5.61. The van der Waals surface area contributed by atoms with Crippen LogP contribution in [0.15, 0.2) is 14.3 Å². The van der Waals surface area contributed by atoms with E-state index in [1.54, 1.807) is 0 Å². The minimum atomic E-state index is 0.574. The predicted molar refractivity (Wildman–Crippen MR) is 85.1 cm³/mol. The van der Waals surface area contributed by atoms with Gasteiger partial charge < -0.3 is 5.32 Å². The molecule has 1 aromatic heterocycles. The number of hydrogen-bond donors (Lipinski definition) is 1. The lowest BCUT2D eigenvalue weighted by molar-refractivity contribution is 0.346. The third-order valence-corrected chi connectivity index (χ3v) is 7.68. The molecule has 100 valence electrons. The highest BCUT2D eigenvalue weighted by Gasteiger charge is 2.48. The lowest BCUT2D eigenvalue weighted by atomic mass is 9.93. The predicted octanol–water partition coefficient (Wildman–Crippen LogP) is 5.36. The molecule has 0 spiro atoms. The van der Waals surface area contributed by atoms with Crippen molar-refractivity contribution in [2.75, 3.05) is 6.54 Å². The van der Waals surface area contributed by atoms with Gasteiger partial charge in [0, 0.05) is 15.4 Å². The van der Waals surface area contributed by atoms with E-state index in [4.69, 9.17) is 0 Å². The molecule has 2 aliphatic carbocycles. The fraction of sp³-hybridized carbons (Fsp3) is 0.714. The monoisotopic (exact) mass is 391 g/mol. The van der Waals surface area contributed by atoms with Gasteiger partial charge in [0.2, 0.25) is 0 Å². The molecule has 0 amide bonds. The van der Waals surface area contributed by atoms with E-state index < -0.39 is 0 Å². The molecule has 1 nitrogen and oxygen atoms in total. The van der Waals surface area contributed by atoms with Crippen LogP contribution in [0, 0.1) is 17.8 Å². The maximum atomic E-state index is 3.78. The molecule has 1 aromatic rings. The fourth-order valence-electron chi connectivity index (χ4n) is 3.35. The van der Waals surface area contributed by atoms with Crippen LogP contribution in [0.3, 0.4) is 0 Å². The van der Waals surface area contributed by atoms with Crippen LogP contribution in [-0.4, -0.2) is 6.54 Å². The average Bonchev–Trinajstić information content (AvgIpc) is 2.81. The lowest BCUT2D eigenvalue weighted by Crippen LogP contribution is -2.27. The topological polar surface area (TPSA) is 12.0 Å². The third-order valence-electron chi connectivity index (χ3n) is 4.34. The Morgan fingerprint density at radius 3 is 2.61 bits per heavy atom. The summed E-state index contributed by atoms with van der Waals surface area (Å²) in [7, 11) is 0. The molecule has 18 heavy (non-hydrogen) atoms. The van der Waals surface area contributed by atoms with Crippen molar-refractivity contribution < 1.29 is 0 Å². The second kappa shape index (κ2) is 5.55. The van der Waals surface area contributed by atoms with Crippen molar-refractivity contribution in [1.29, 1.82) is 0 Å². The molecular formula is C14H19Br2NS. The van der Waals surface area contributed by atoms with Crippen molar-refractivity contribution in [2.45, 2.75) is 38.6 Å². The third kappa shape index (κ3) is 2.72. The first-order valence-electron chi connectivity index (χ1n) is 6.87. The molecule has 0 saturated heterocycles. The van der Waals surface area contributed by atoms with Crippen LogP contribution >= 0.6 is 43.2 Å². The van der Waals surface area contributed by atoms with Gasteiger partial charge in [-0.2, -0.15) is 0 Å². The number of hydrogen-bond acceptors (Lipinski definition) is 2. The summed E-state index contributed by atoms with van der Waals surface area (Å²) in [4.78, 5) is 1.49. The van der Waals surface area contributed by atoms with Gasteiger partial charge in [0.05, 0.1) is 3.79 Å². The Labute approximate surface area is 130 Å². The first-order valence-corrected chi connectivity index (χ1v) is 9.27. The molecule has 3 atom stereocenters. The highest BCUT2D eigenvalue weighted by Crippen LogP contribution is 2.57. The largest absolute Gasteiger partial charge is 0.309 e. The van der Waals surface area contributed by atoms with Crippen molar-refractivity contribution in [2.24, 2.45) is 17.8 Å². The Bertz CT molecular complexity index is 402. The molecule has 0 radical (unpaired) electrons. The molecule has 2 saturated carbocycles. The van der Waals surface area contributed by atoms with E-state index in [0.29, 0.717) is 6.04 Å². The summed E-state index contributed by atoms with van der Waals surface area (Å²) in [6.07, 6.45) is 5.61. The lowest BCUT2D eigenvalue weighted by Gasteiger charge is -2.25. The van der Waals surface area contributed by atoms with E-state index in [-0.39, 0.29) is 0 Å². The SMILES string of the molecule is CCCNC(c1cc(Br)c(Br)s1)C1CC2CC2C1. The Kier molecular flexibility index (Phi) is 4.19. The molecule has 3 rings (SSSR count). The Morgan fingerprint density at radius 1 is 1.33 bits per heavy atom. The van der Waals surface area contributed by atoms with E-state index in [9.17, 15) is 0 Å². The number of halogens is 2.